The standard InChI is InChI=1S/C14H20N2/c1-9(2)7-14-15-12-6-5-11(10(3)4)8-13(12)16-14/h5-6,8-10H,7H2,1-4H3,(H,15,16). The summed E-state index contributed by atoms with van der Waals surface area (Å²) in [6.45, 7) is 8.86. The summed E-state index contributed by atoms with van der Waals surface area (Å²) in [5.74, 6) is 2.32. The van der Waals surface area contributed by atoms with Gasteiger partial charge in [0.25, 0.3) is 0 Å². The van der Waals surface area contributed by atoms with Crippen LogP contribution in [0.1, 0.15) is 45.0 Å². The first-order valence-corrected chi connectivity index (χ1v) is 6.05. The van der Waals surface area contributed by atoms with Crippen LogP contribution < -0.4 is 0 Å². The molecule has 0 unspecified atom stereocenters. The van der Waals surface area contributed by atoms with Crippen molar-refractivity contribution in [2.75, 3.05) is 0 Å². The molecule has 0 radical (unpaired) electrons. The number of hydrogen-bond acceptors (Lipinski definition) is 1. The third-order valence-electron chi connectivity index (χ3n) is 2.82. The summed E-state index contributed by atoms with van der Waals surface area (Å²) in [6.07, 6.45) is 1.02. The molecule has 0 saturated carbocycles. The number of benzene rings is 1. The molecule has 1 N–H and O–H groups in total. The van der Waals surface area contributed by atoms with Gasteiger partial charge in [-0.05, 0) is 29.5 Å². The van der Waals surface area contributed by atoms with Crippen molar-refractivity contribution < 1.29 is 0 Å². The zero-order valence-electron chi connectivity index (χ0n) is 10.5. The van der Waals surface area contributed by atoms with Crippen LogP contribution in [0.4, 0.5) is 0 Å². The predicted octanol–water partition coefficient (Wildman–Crippen LogP) is 3.88. The van der Waals surface area contributed by atoms with E-state index < -0.39 is 0 Å². The van der Waals surface area contributed by atoms with Gasteiger partial charge in [0.15, 0.2) is 0 Å². The minimum atomic E-state index is 0.571. The molecule has 2 aromatic rings. The lowest BCUT2D eigenvalue weighted by atomic mass is 10.0. The quantitative estimate of drug-likeness (QED) is 0.828. The normalized spacial score (nSPS) is 11.9. The van der Waals surface area contributed by atoms with Crippen LogP contribution in [-0.4, -0.2) is 9.97 Å². The second kappa shape index (κ2) is 4.28. The van der Waals surface area contributed by atoms with Gasteiger partial charge in [-0.2, -0.15) is 0 Å². The average molecular weight is 216 g/mol. The van der Waals surface area contributed by atoms with E-state index in [1.54, 1.807) is 0 Å². The van der Waals surface area contributed by atoms with E-state index in [2.05, 4.69) is 55.9 Å². The van der Waals surface area contributed by atoms with Crippen molar-refractivity contribution in [3.8, 4) is 0 Å². The molecule has 0 atom stereocenters. The molecular formula is C14H20N2. The smallest absolute Gasteiger partial charge is 0.107 e. The van der Waals surface area contributed by atoms with Crippen LogP contribution >= 0.6 is 0 Å². The maximum atomic E-state index is 4.60. The van der Waals surface area contributed by atoms with Crippen LogP contribution in [0.15, 0.2) is 18.2 Å². The van der Waals surface area contributed by atoms with Gasteiger partial charge in [-0.3, -0.25) is 0 Å². The van der Waals surface area contributed by atoms with Crippen LogP contribution in [-0.2, 0) is 6.42 Å². The Morgan fingerprint density at radius 1 is 1.19 bits per heavy atom. The summed E-state index contributed by atoms with van der Waals surface area (Å²) in [6, 6.07) is 6.51. The van der Waals surface area contributed by atoms with E-state index in [4.69, 9.17) is 0 Å². The van der Waals surface area contributed by atoms with Crippen LogP contribution in [0.3, 0.4) is 0 Å². The van der Waals surface area contributed by atoms with Crippen LogP contribution in [0.2, 0.25) is 0 Å². The SMILES string of the molecule is CC(C)Cc1nc2ccc(C(C)C)cc2[nH]1. The second-order valence-corrected chi connectivity index (χ2v) is 5.21. The minimum absolute atomic E-state index is 0.571. The molecule has 2 rings (SSSR count). The van der Waals surface area contributed by atoms with Gasteiger partial charge in [-0.1, -0.05) is 33.8 Å². The van der Waals surface area contributed by atoms with Crippen LogP contribution in [0.5, 0.6) is 0 Å². The number of nitrogens with zero attached hydrogens (tertiary/aromatic N) is 1. The Morgan fingerprint density at radius 2 is 1.94 bits per heavy atom. The van der Waals surface area contributed by atoms with Gasteiger partial charge in [-0.15, -0.1) is 0 Å². The van der Waals surface area contributed by atoms with Gasteiger partial charge in [0.1, 0.15) is 5.82 Å². The molecule has 1 aromatic carbocycles. The van der Waals surface area contributed by atoms with E-state index in [1.165, 1.54) is 11.1 Å². The molecule has 0 spiro atoms. The molecule has 16 heavy (non-hydrogen) atoms. The number of fused-ring (bicyclic) bond motifs is 1. The number of rotatable bonds is 3. The summed E-state index contributed by atoms with van der Waals surface area (Å²) in [4.78, 5) is 8.01. The largest absolute Gasteiger partial charge is 0.342 e. The molecule has 0 fully saturated rings. The number of H-pyrrole nitrogens is 1. The molecule has 86 valence electrons. The van der Waals surface area contributed by atoms with Crippen molar-refractivity contribution in [2.45, 2.75) is 40.0 Å². The molecule has 1 aromatic heterocycles. The fraction of sp³-hybridized carbons (Fsp3) is 0.500. The first kappa shape index (κ1) is 11.2. The lowest BCUT2D eigenvalue weighted by molar-refractivity contribution is 0.627. The molecule has 0 aliphatic heterocycles. The zero-order valence-corrected chi connectivity index (χ0v) is 10.5. The molecule has 0 bridgehead atoms. The highest BCUT2D eigenvalue weighted by Crippen LogP contribution is 2.20. The van der Waals surface area contributed by atoms with Gasteiger partial charge < -0.3 is 4.98 Å². The molecule has 1 heterocycles. The number of nitrogens with one attached hydrogen (secondary N) is 1. The van der Waals surface area contributed by atoms with E-state index in [9.17, 15) is 0 Å². The summed E-state index contributed by atoms with van der Waals surface area (Å²) in [5, 5.41) is 0. The predicted molar refractivity (Wildman–Crippen MR) is 68.7 cm³/mol. The fourth-order valence-electron chi connectivity index (χ4n) is 1.92. The van der Waals surface area contributed by atoms with E-state index in [1.807, 2.05) is 0 Å². The Kier molecular flexibility index (Phi) is 2.99. The Bertz CT molecular complexity index is 480. The molecule has 0 saturated heterocycles. The lowest BCUT2D eigenvalue weighted by Gasteiger charge is -2.03. The molecule has 2 heteroatoms. The van der Waals surface area contributed by atoms with Crippen molar-refractivity contribution in [3.05, 3.63) is 29.6 Å². The van der Waals surface area contributed by atoms with Crippen molar-refractivity contribution in [1.82, 2.24) is 9.97 Å². The molecule has 0 aliphatic rings. The number of aromatic nitrogens is 2. The Balaban J connectivity index is 2.38. The first-order valence-electron chi connectivity index (χ1n) is 6.05. The van der Waals surface area contributed by atoms with Crippen molar-refractivity contribution >= 4 is 11.0 Å². The van der Waals surface area contributed by atoms with E-state index in [0.29, 0.717) is 11.8 Å². The van der Waals surface area contributed by atoms with Gasteiger partial charge in [-0.25, -0.2) is 4.98 Å². The summed E-state index contributed by atoms with van der Waals surface area (Å²) in [7, 11) is 0. The van der Waals surface area contributed by atoms with Crippen LogP contribution in [0.25, 0.3) is 11.0 Å². The number of aromatic amines is 1. The van der Waals surface area contributed by atoms with Gasteiger partial charge in [0, 0.05) is 6.42 Å². The fourth-order valence-corrected chi connectivity index (χ4v) is 1.92. The van der Waals surface area contributed by atoms with Gasteiger partial charge in [0.2, 0.25) is 0 Å². The van der Waals surface area contributed by atoms with E-state index in [0.717, 1.165) is 17.8 Å². The third-order valence-corrected chi connectivity index (χ3v) is 2.82. The van der Waals surface area contributed by atoms with E-state index in [-0.39, 0.29) is 0 Å². The highest BCUT2D eigenvalue weighted by molar-refractivity contribution is 5.76. The topological polar surface area (TPSA) is 28.7 Å². The molecule has 0 aliphatic carbocycles. The van der Waals surface area contributed by atoms with E-state index >= 15 is 0 Å². The minimum Gasteiger partial charge on any atom is -0.342 e. The third kappa shape index (κ3) is 2.26. The molecular weight excluding hydrogens is 196 g/mol. The Morgan fingerprint density at radius 3 is 2.56 bits per heavy atom. The van der Waals surface area contributed by atoms with Gasteiger partial charge >= 0.3 is 0 Å². The van der Waals surface area contributed by atoms with Gasteiger partial charge in [0.05, 0.1) is 11.0 Å². The van der Waals surface area contributed by atoms with Crippen molar-refractivity contribution in [1.29, 1.82) is 0 Å². The van der Waals surface area contributed by atoms with Crippen LogP contribution in [0, 0.1) is 5.92 Å². The lowest BCUT2D eigenvalue weighted by Crippen LogP contribution is -1.95. The Labute approximate surface area is 97.1 Å². The highest BCUT2D eigenvalue weighted by Gasteiger charge is 2.06. The maximum absolute atomic E-state index is 4.60. The first-order chi connectivity index (χ1) is 7.56. The second-order valence-electron chi connectivity index (χ2n) is 5.21. The monoisotopic (exact) mass is 216 g/mol. The van der Waals surface area contributed by atoms with Crippen molar-refractivity contribution in [3.63, 3.8) is 0 Å². The Hall–Kier alpha value is -1.31. The zero-order chi connectivity index (χ0) is 11.7. The average Bonchev–Trinajstić information content (AvgIpc) is 2.56. The summed E-state index contributed by atoms with van der Waals surface area (Å²) >= 11 is 0. The molecule has 2 nitrogen and oxygen atoms in total. The number of hydrogen-bond donors (Lipinski definition) is 1. The highest BCUT2D eigenvalue weighted by atomic mass is 14.9. The number of imidazole rings is 1. The summed E-state index contributed by atoms with van der Waals surface area (Å²) in [5.41, 5.74) is 3.62. The molecule has 0 amide bonds. The maximum Gasteiger partial charge on any atom is 0.107 e. The van der Waals surface area contributed by atoms with Crippen molar-refractivity contribution in [2.24, 2.45) is 5.92 Å². The summed E-state index contributed by atoms with van der Waals surface area (Å²) < 4.78 is 0.